The lowest BCUT2D eigenvalue weighted by atomic mass is 9.37. The Balaban J connectivity index is 2.07. The second kappa shape index (κ2) is 6.45. The van der Waals surface area contributed by atoms with Gasteiger partial charge in [0.2, 0.25) is 6.71 Å². The summed E-state index contributed by atoms with van der Waals surface area (Å²) in [7, 11) is 0. The molecule has 0 aliphatic heterocycles. The van der Waals surface area contributed by atoms with Crippen LogP contribution in [0, 0.1) is 0 Å². The molecule has 0 aliphatic rings. The predicted molar refractivity (Wildman–Crippen MR) is 93.4 cm³/mol. The second-order valence-corrected chi connectivity index (χ2v) is 5.35. The quantitative estimate of drug-likeness (QED) is 0.639. The van der Waals surface area contributed by atoms with Gasteiger partial charge >= 0.3 is 0 Å². The second-order valence-electron chi connectivity index (χ2n) is 5.35. The van der Waals surface area contributed by atoms with Gasteiger partial charge in [-0.25, -0.2) is 0 Å². The van der Waals surface area contributed by atoms with Crippen LogP contribution in [0.15, 0.2) is 84.9 Å². The normalized spacial score (nSPS) is 10.3. The molecule has 21 heavy (non-hydrogen) atoms. The Hall–Kier alpha value is -2.28. The molecule has 0 fully saturated rings. The van der Waals surface area contributed by atoms with Crippen LogP contribution in [0.5, 0.6) is 0 Å². The Labute approximate surface area is 127 Å². The predicted octanol–water partition coefficient (Wildman–Crippen LogP) is 2.77. The third-order valence-electron chi connectivity index (χ3n) is 3.99. The fraction of sp³-hybridized carbons (Fsp3) is 0.100. The van der Waals surface area contributed by atoms with E-state index in [0.717, 1.165) is 6.42 Å². The average Bonchev–Trinajstić information content (AvgIpc) is 2.58. The van der Waals surface area contributed by atoms with Crippen molar-refractivity contribution in [3.05, 3.63) is 90.5 Å². The van der Waals surface area contributed by atoms with E-state index in [2.05, 4.69) is 91.9 Å². The largest absolute Gasteiger partial charge is 0.241 e. The van der Waals surface area contributed by atoms with E-state index >= 15 is 0 Å². The van der Waals surface area contributed by atoms with E-state index in [-0.39, 0.29) is 0 Å². The molecule has 3 aromatic carbocycles. The van der Waals surface area contributed by atoms with Gasteiger partial charge in [-0.2, -0.15) is 0 Å². The molecule has 0 aliphatic carbocycles. The molecule has 0 saturated carbocycles. The standard InChI is InChI=1S/C20H19B/c1-2-17-13-15-20(16-14-17)21(18-9-5-3-6-10-18)19-11-7-4-8-12-19/h3-16H,2H2,1H3. The van der Waals surface area contributed by atoms with Gasteiger partial charge in [0.15, 0.2) is 0 Å². The Morgan fingerprint density at radius 2 is 1.00 bits per heavy atom. The minimum absolute atomic E-state index is 0.304. The maximum absolute atomic E-state index is 2.27. The summed E-state index contributed by atoms with van der Waals surface area (Å²) in [5.74, 6) is 0. The molecular formula is C20H19B. The molecule has 0 N–H and O–H groups in total. The third-order valence-corrected chi connectivity index (χ3v) is 3.99. The van der Waals surface area contributed by atoms with Gasteiger partial charge in [-0.05, 0) is 12.0 Å². The summed E-state index contributed by atoms with van der Waals surface area (Å²) in [6, 6.07) is 30.5. The van der Waals surface area contributed by atoms with E-state index in [4.69, 9.17) is 0 Å². The first-order valence-electron chi connectivity index (χ1n) is 7.57. The zero-order valence-corrected chi connectivity index (χ0v) is 12.4. The molecule has 102 valence electrons. The summed E-state index contributed by atoms with van der Waals surface area (Å²) in [4.78, 5) is 0. The summed E-state index contributed by atoms with van der Waals surface area (Å²) in [5, 5.41) is 0. The SMILES string of the molecule is CCc1ccc(B(c2ccccc2)c2ccccc2)cc1. The van der Waals surface area contributed by atoms with Crippen molar-refractivity contribution in [2.75, 3.05) is 0 Å². The van der Waals surface area contributed by atoms with Crippen LogP contribution in [-0.4, -0.2) is 6.71 Å². The van der Waals surface area contributed by atoms with E-state index in [1.807, 2.05) is 0 Å². The highest BCUT2D eigenvalue weighted by molar-refractivity contribution is 6.95. The fourth-order valence-electron chi connectivity index (χ4n) is 2.81. The lowest BCUT2D eigenvalue weighted by Crippen LogP contribution is -2.51. The van der Waals surface area contributed by atoms with Crippen LogP contribution >= 0.6 is 0 Å². The van der Waals surface area contributed by atoms with Crippen molar-refractivity contribution < 1.29 is 0 Å². The number of rotatable bonds is 4. The molecule has 0 spiro atoms. The van der Waals surface area contributed by atoms with Crippen LogP contribution in [0.4, 0.5) is 0 Å². The zero-order valence-electron chi connectivity index (χ0n) is 12.4. The van der Waals surface area contributed by atoms with Gasteiger partial charge in [0, 0.05) is 0 Å². The Kier molecular flexibility index (Phi) is 4.21. The lowest BCUT2D eigenvalue weighted by Gasteiger charge is -2.15. The Morgan fingerprint density at radius 1 is 0.571 bits per heavy atom. The van der Waals surface area contributed by atoms with Gasteiger partial charge in [0.25, 0.3) is 0 Å². The number of hydrogen-bond donors (Lipinski definition) is 0. The fourth-order valence-corrected chi connectivity index (χ4v) is 2.81. The van der Waals surface area contributed by atoms with Crippen LogP contribution in [-0.2, 0) is 6.42 Å². The lowest BCUT2D eigenvalue weighted by molar-refractivity contribution is 1.14. The van der Waals surface area contributed by atoms with E-state index in [1.54, 1.807) is 0 Å². The average molecular weight is 270 g/mol. The molecule has 0 nitrogen and oxygen atoms in total. The van der Waals surface area contributed by atoms with Crippen molar-refractivity contribution >= 4 is 23.1 Å². The molecule has 0 saturated heterocycles. The Bertz CT molecular complexity index is 633. The number of hydrogen-bond acceptors (Lipinski definition) is 0. The Morgan fingerprint density at radius 3 is 1.43 bits per heavy atom. The van der Waals surface area contributed by atoms with Gasteiger partial charge in [0.05, 0.1) is 0 Å². The molecule has 0 bridgehead atoms. The minimum Gasteiger partial charge on any atom is -0.0687 e. The highest BCUT2D eigenvalue weighted by atomic mass is 14.0. The van der Waals surface area contributed by atoms with Gasteiger partial charge in [-0.15, -0.1) is 0 Å². The molecule has 0 radical (unpaired) electrons. The summed E-state index contributed by atoms with van der Waals surface area (Å²) in [5.41, 5.74) is 5.42. The zero-order chi connectivity index (χ0) is 14.5. The van der Waals surface area contributed by atoms with Crippen LogP contribution in [0.3, 0.4) is 0 Å². The molecule has 3 rings (SSSR count). The molecule has 0 heterocycles. The first kappa shape index (κ1) is 13.7. The summed E-state index contributed by atoms with van der Waals surface area (Å²) in [6.45, 7) is 2.50. The molecule has 0 atom stereocenters. The highest BCUT2D eigenvalue weighted by Gasteiger charge is 2.20. The van der Waals surface area contributed by atoms with Crippen molar-refractivity contribution in [3.8, 4) is 0 Å². The summed E-state index contributed by atoms with van der Waals surface area (Å²) in [6.07, 6.45) is 1.08. The smallest absolute Gasteiger partial charge is 0.0687 e. The van der Waals surface area contributed by atoms with Gasteiger partial charge in [-0.1, -0.05) is 108 Å². The van der Waals surface area contributed by atoms with Gasteiger partial charge in [0.1, 0.15) is 0 Å². The molecule has 0 amide bonds. The minimum atomic E-state index is 0.304. The van der Waals surface area contributed by atoms with E-state index < -0.39 is 0 Å². The molecule has 0 unspecified atom stereocenters. The monoisotopic (exact) mass is 270 g/mol. The molecule has 1 heteroatoms. The van der Waals surface area contributed by atoms with E-state index in [1.165, 1.54) is 22.0 Å². The molecule has 3 aromatic rings. The van der Waals surface area contributed by atoms with E-state index in [0.29, 0.717) is 6.71 Å². The van der Waals surface area contributed by atoms with Gasteiger partial charge in [-0.3, -0.25) is 0 Å². The van der Waals surface area contributed by atoms with Crippen LogP contribution < -0.4 is 16.4 Å². The summed E-state index contributed by atoms with van der Waals surface area (Å²) >= 11 is 0. The number of aryl methyl sites for hydroxylation is 1. The first-order valence-corrected chi connectivity index (χ1v) is 7.57. The molecular weight excluding hydrogens is 251 g/mol. The van der Waals surface area contributed by atoms with Gasteiger partial charge < -0.3 is 0 Å². The van der Waals surface area contributed by atoms with Crippen molar-refractivity contribution in [2.24, 2.45) is 0 Å². The maximum atomic E-state index is 2.27. The summed E-state index contributed by atoms with van der Waals surface area (Å²) < 4.78 is 0. The van der Waals surface area contributed by atoms with Crippen molar-refractivity contribution in [2.45, 2.75) is 13.3 Å². The van der Waals surface area contributed by atoms with Crippen LogP contribution in [0.25, 0.3) is 0 Å². The van der Waals surface area contributed by atoms with Crippen molar-refractivity contribution in [1.82, 2.24) is 0 Å². The topological polar surface area (TPSA) is 0 Å². The molecule has 0 aromatic heterocycles. The van der Waals surface area contributed by atoms with Crippen LogP contribution in [0.1, 0.15) is 12.5 Å². The van der Waals surface area contributed by atoms with Crippen molar-refractivity contribution in [3.63, 3.8) is 0 Å². The highest BCUT2D eigenvalue weighted by Crippen LogP contribution is 2.00. The van der Waals surface area contributed by atoms with E-state index in [9.17, 15) is 0 Å². The first-order chi connectivity index (χ1) is 10.4. The van der Waals surface area contributed by atoms with Crippen LogP contribution in [0.2, 0.25) is 0 Å². The third kappa shape index (κ3) is 3.08. The van der Waals surface area contributed by atoms with Crippen molar-refractivity contribution in [1.29, 1.82) is 0 Å². The number of benzene rings is 3. The maximum Gasteiger partial charge on any atom is 0.241 e.